The van der Waals surface area contributed by atoms with Crippen molar-refractivity contribution < 1.29 is 33.3 Å². The molecule has 208 valence electrons. The van der Waals surface area contributed by atoms with E-state index in [4.69, 9.17) is 18.9 Å². The number of carbonyl (C=O) groups is 3. The SMILES string of the molecule is COC(=O)[C@@]1(c2ccccc2OC)C[C@@]2(C(=O)OC(C)C)c3ccccc3N(C(=O)OCc3ccccc3)[C@H]2N1. The van der Waals surface area contributed by atoms with Gasteiger partial charge in [-0.1, -0.05) is 66.7 Å². The summed E-state index contributed by atoms with van der Waals surface area (Å²) in [6.45, 7) is 3.54. The van der Waals surface area contributed by atoms with Gasteiger partial charge in [-0.05, 0) is 37.1 Å². The molecule has 3 aromatic rings. The normalized spacial score (nSPS) is 22.8. The Balaban J connectivity index is 1.67. The molecular formula is C31H32N2O7. The number of anilines is 1. The monoisotopic (exact) mass is 544 g/mol. The smallest absolute Gasteiger partial charge is 0.416 e. The zero-order valence-corrected chi connectivity index (χ0v) is 22.9. The van der Waals surface area contributed by atoms with Gasteiger partial charge in [-0.2, -0.15) is 0 Å². The van der Waals surface area contributed by atoms with Crippen LogP contribution in [-0.2, 0) is 41.4 Å². The molecule has 5 rings (SSSR count). The van der Waals surface area contributed by atoms with Crippen LogP contribution in [-0.4, -0.2) is 44.5 Å². The molecule has 0 aromatic heterocycles. The first-order valence-electron chi connectivity index (χ1n) is 13.1. The van der Waals surface area contributed by atoms with Crippen molar-refractivity contribution in [1.29, 1.82) is 0 Å². The summed E-state index contributed by atoms with van der Waals surface area (Å²) in [4.78, 5) is 43.0. The summed E-state index contributed by atoms with van der Waals surface area (Å²) in [5, 5.41) is 3.35. The van der Waals surface area contributed by atoms with E-state index in [1.165, 1.54) is 19.1 Å². The molecule has 0 spiro atoms. The first-order chi connectivity index (χ1) is 19.3. The summed E-state index contributed by atoms with van der Waals surface area (Å²) in [5.41, 5.74) is -0.667. The second kappa shape index (κ2) is 10.7. The molecule has 1 N–H and O–H groups in total. The van der Waals surface area contributed by atoms with Gasteiger partial charge in [-0.15, -0.1) is 0 Å². The van der Waals surface area contributed by atoms with E-state index < -0.39 is 41.3 Å². The first kappa shape index (κ1) is 27.2. The minimum atomic E-state index is -1.55. The fourth-order valence-electron chi connectivity index (χ4n) is 5.84. The second-order valence-electron chi connectivity index (χ2n) is 10.2. The predicted molar refractivity (Wildman–Crippen MR) is 147 cm³/mol. The zero-order chi connectivity index (χ0) is 28.5. The van der Waals surface area contributed by atoms with Gasteiger partial charge in [0, 0.05) is 12.0 Å². The molecule has 1 amide bonds. The lowest BCUT2D eigenvalue weighted by Gasteiger charge is -2.32. The molecule has 40 heavy (non-hydrogen) atoms. The molecule has 2 aliphatic heterocycles. The molecule has 9 heteroatoms. The van der Waals surface area contributed by atoms with Gasteiger partial charge in [0.1, 0.15) is 29.5 Å². The number of nitrogens with zero attached hydrogens (tertiary/aromatic N) is 1. The Hall–Kier alpha value is -4.37. The fourth-order valence-corrected chi connectivity index (χ4v) is 5.84. The standard InChI is InChI=1S/C31H32N2O7/c1-20(2)40-27(34)30-19-31(28(35)38-4,23-15-9-11-17-25(23)37-3)32-26(30)33(24-16-10-8-14-22(24)30)29(36)39-18-21-12-6-5-7-13-21/h5-17,20,26,32H,18-19H2,1-4H3/t26-,30-,31+/m1/s1. The zero-order valence-electron chi connectivity index (χ0n) is 22.9. The maximum Gasteiger partial charge on any atom is 0.416 e. The van der Waals surface area contributed by atoms with Gasteiger partial charge in [0.25, 0.3) is 0 Å². The van der Waals surface area contributed by atoms with Crippen molar-refractivity contribution in [2.24, 2.45) is 0 Å². The van der Waals surface area contributed by atoms with Gasteiger partial charge >= 0.3 is 18.0 Å². The number of para-hydroxylation sites is 2. The van der Waals surface area contributed by atoms with Gasteiger partial charge in [0.15, 0.2) is 0 Å². The molecule has 3 aromatic carbocycles. The average molecular weight is 545 g/mol. The van der Waals surface area contributed by atoms with Crippen LogP contribution in [0.25, 0.3) is 0 Å². The van der Waals surface area contributed by atoms with Gasteiger partial charge < -0.3 is 18.9 Å². The third kappa shape index (κ3) is 4.26. The van der Waals surface area contributed by atoms with Crippen LogP contribution in [0.2, 0.25) is 0 Å². The van der Waals surface area contributed by atoms with E-state index >= 15 is 0 Å². The highest BCUT2D eigenvalue weighted by Gasteiger charge is 2.71. The van der Waals surface area contributed by atoms with Crippen LogP contribution in [0.15, 0.2) is 78.9 Å². The van der Waals surface area contributed by atoms with E-state index in [2.05, 4.69) is 5.32 Å². The minimum absolute atomic E-state index is 0.0309. The minimum Gasteiger partial charge on any atom is -0.496 e. The Morgan fingerprint density at radius 3 is 2.23 bits per heavy atom. The molecule has 9 nitrogen and oxygen atoms in total. The van der Waals surface area contributed by atoms with Crippen molar-refractivity contribution in [1.82, 2.24) is 5.32 Å². The van der Waals surface area contributed by atoms with Crippen molar-refractivity contribution in [3.05, 3.63) is 95.6 Å². The number of carbonyl (C=O) groups excluding carboxylic acids is 3. The summed E-state index contributed by atoms with van der Waals surface area (Å²) < 4.78 is 22.5. The van der Waals surface area contributed by atoms with E-state index in [1.54, 1.807) is 62.4 Å². The summed E-state index contributed by atoms with van der Waals surface area (Å²) in [6.07, 6.45) is -2.21. The van der Waals surface area contributed by atoms with Gasteiger partial charge in [0.2, 0.25) is 0 Å². The first-order valence-corrected chi connectivity index (χ1v) is 13.1. The highest BCUT2D eigenvalue weighted by Crippen LogP contribution is 2.57. The largest absolute Gasteiger partial charge is 0.496 e. The third-order valence-electron chi connectivity index (χ3n) is 7.51. The molecule has 0 unspecified atom stereocenters. The highest BCUT2D eigenvalue weighted by atomic mass is 16.6. The number of rotatable bonds is 7. The third-order valence-corrected chi connectivity index (χ3v) is 7.51. The Morgan fingerprint density at radius 1 is 0.900 bits per heavy atom. The maximum absolute atomic E-state index is 14.1. The number of amides is 1. The van der Waals surface area contributed by atoms with Crippen LogP contribution in [0.3, 0.4) is 0 Å². The Kier molecular flexibility index (Phi) is 7.25. The van der Waals surface area contributed by atoms with E-state index in [0.29, 0.717) is 22.6 Å². The molecule has 1 saturated heterocycles. The van der Waals surface area contributed by atoms with Crippen LogP contribution in [0.5, 0.6) is 5.75 Å². The topological polar surface area (TPSA) is 103 Å². The average Bonchev–Trinajstić information content (AvgIpc) is 3.46. The van der Waals surface area contributed by atoms with E-state index in [-0.39, 0.29) is 13.0 Å². The lowest BCUT2D eigenvalue weighted by molar-refractivity contribution is -0.155. The van der Waals surface area contributed by atoms with E-state index in [0.717, 1.165) is 5.56 Å². The molecule has 0 radical (unpaired) electrons. The number of hydrogen-bond donors (Lipinski definition) is 1. The summed E-state index contributed by atoms with van der Waals surface area (Å²) in [7, 11) is 2.79. The molecule has 0 saturated carbocycles. The number of ether oxygens (including phenoxy) is 4. The highest BCUT2D eigenvalue weighted by molar-refractivity contribution is 6.02. The Morgan fingerprint density at radius 2 is 1.55 bits per heavy atom. The van der Waals surface area contributed by atoms with Crippen LogP contribution in [0, 0.1) is 0 Å². The van der Waals surface area contributed by atoms with Crippen LogP contribution in [0.1, 0.15) is 37.0 Å². The van der Waals surface area contributed by atoms with Crippen LogP contribution in [0.4, 0.5) is 10.5 Å². The van der Waals surface area contributed by atoms with Crippen molar-refractivity contribution in [3.63, 3.8) is 0 Å². The molecular weight excluding hydrogens is 512 g/mol. The predicted octanol–water partition coefficient (Wildman–Crippen LogP) is 4.43. The number of methoxy groups -OCH3 is 2. The Labute approximate surface area is 233 Å². The number of hydrogen-bond acceptors (Lipinski definition) is 8. The number of esters is 2. The number of fused-ring (bicyclic) bond motifs is 3. The van der Waals surface area contributed by atoms with Crippen molar-refractivity contribution in [2.75, 3.05) is 19.1 Å². The van der Waals surface area contributed by atoms with Gasteiger partial charge in [0.05, 0.1) is 26.0 Å². The number of benzene rings is 3. The molecule has 2 heterocycles. The molecule has 3 atom stereocenters. The van der Waals surface area contributed by atoms with Gasteiger partial charge in [-0.25, -0.2) is 9.59 Å². The lowest BCUT2D eigenvalue weighted by Crippen LogP contribution is -2.57. The summed E-state index contributed by atoms with van der Waals surface area (Å²) in [6, 6.07) is 23.5. The molecule has 2 aliphatic rings. The summed E-state index contributed by atoms with van der Waals surface area (Å²) >= 11 is 0. The van der Waals surface area contributed by atoms with Gasteiger partial charge in [-0.3, -0.25) is 15.0 Å². The molecule has 1 fully saturated rings. The number of nitrogens with one attached hydrogen (secondary N) is 1. The second-order valence-corrected chi connectivity index (χ2v) is 10.2. The van der Waals surface area contributed by atoms with E-state index in [9.17, 15) is 14.4 Å². The maximum atomic E-state index is 14.1. The Bertz CT molecular complexity index is 1430. The van der Waals surface area contributed by atoms with Crippen LogP contribution >= 0.6 is 0 Å². The van der Waals surface area contributed by atoms with Crippen molar-refractivity contribution in [2.45, 2.75) is 50.1 Å². The van der Waals surface area contributed by atoms with E-state index in [1.807, 2.05) is 30.3 Å². The lowest BCUT2D eigenvalue weighted by atomic mass is 9.73. The van der Waals surface area contributed by atoms with Crippen molar-refractivity contribution >= 4 is 23.7 Å². The van der Waals surface area contributed by atoms with Crippen LogP contribution < -0.4 is 15.0 Å². The molecule has 0 bridgehead atoms. The fraction of sp³-hybridized carbons (Fsp3) is 0.323. The van der Waals surface area contributed by atoms with Crippen molar-refractivity contribution in [3.8, 4) is 5.75 Å². The molecule has 0 aliphatic carbocycles. The quantitative estimate of drug-likeness (QED) is 0.344. The summed E-state index contributed by atoms with van der Waals surface area (Å²) in [5.74, 6) is -0.760.